The normalized spacial score (nSPS) is 12.7. The molecule has 0 aliphatic carbocycles. The number of fused-ring (bicyclic) bond motifs is 1. The Morgan fingerprint density at radius 1 is 1.09 bits per heavy atom. The van der Waals surface area contributed by atoms with Gasteiger partial charge in [0.15, 0.2) is 0 Å². The summed E-state index contributed by atoms with van der Waals surface area (Å²) in [5.74, 6) is -0.179. The second-order valence-corrected chi connectivity index (χ2v) is 5.80. The van der Waals surface area contributed by atoms with Crippen LogP contribution in [0.25, 0.3) is 10.9 Å². The number of halogens is 1. The molecule has 1 aromatic heterocycles. The van der Waals surface area contributed by atoms with Gasteiger partial charge in [-0.2, -0.15) is 0 Å². The molecular formula is C19H21FN2. The minimum absolute atomic E-state index is 0.00861. The fraction of sp³-hybridized carbons (Fsp3) is 0.263. The Labute approximate surface area is 130 Å². The van der Waals surface area contributed by atoms with Crippen molar-refractivity contribution < 1.29 is 4.39 Å². The van der Waals surface area contributed by atoms with Gasteiger partial charge in [0.25, 0.3) is 0 Å². The maximum atomic E-state index is 14.1. The zero-order valence-corrected chi connectivity index (χ0v) is 13.0. The van der Waals surface area contributed by atoms with Gasteiger partial charge in [-0.05, 0) is 43.1 Å². The quantitative estimate of drug-likeness (QED) is 0.777. The molecule has 2 N–H and O–H groups in total. The molecule has 1 unspecified atom stereocenters. The molecule has 1 heterocycles. The molecule has 0 radical (unpaired) electrons. The second kappa shape index (κ2) is 5.93. The Kier molecular flexibility index (Phi) is 3.99. The number of rotatable bonds is 4. The number of benzene rings is 2. The van der Waals surface area contributed by atoms with Crippen molar-refractivity contribution in [3.05, 3.63) is 71.2 Å². The van der Waals surface area contributed by atoms with Gasteiger partial charge in [-0.3, -0.25) is 0 Å². The van der Waals surface area contributed by atoms with Gasteiger partial charge in [-0.1, -0.05) is 36.4 Å². The van der Waals surface area contributed by atoms with Crippen LogP contribution in [0.15, 0.2) is 48.5 Å². The molecule has 22 heavy (non-hydrogen) atoms. The van der Waals surface area contributed by atoms with Gasteiger partial charge < -0.3 is 10.3 Å². The van der Waals surface area contributed by atoms with E-state index in [4.69, 9.17) is 5.73 Å². The Morgan fingerprint density at radius 2 is 1.77 bits per heavy atom. The average Bonchev–Trinajstić information content (AvgIpc) is 2.78. The van der Waals surface area contributed by atoms with E-state index in [1.807, 2.05) is 24.3 Å². The number of para-hydroxylation sites is 1. The standard InChI is InChI=1S/C19H21FN2/c1-13-17(16-8-4-6-10-19(16)22(13)2)11-14(12-21)15-7-3-5-9-18(15)20/h3-10,14H,11-12,21H2,1-2H3. The molecule has 0 spiro atoms. The molecule has 1 atom stereocenters. The van der Waals surface area contributed by atoms with E-state index >= 15 is 0 Å². The highest BCUT2D eigenvalue weighted by atomic mass is 19.1. The SMILES string of the molecule is Cc1c(CC(CN)c2ccccc2F)c2ccccc2n1C. The molecule has 3 aromatic rings. The summed E-state index contributed by atoms with van der Waals surface area (Å²) in [6, 6.07) is 15.3. The molecule has 0 fully saturated rings. The first-order valence-corrected chi connectivity index (χ1v) is 7.61. The third-order valence-electron chi connectivity index (χ3n) is 4.61. The molecule has 2 nitrogen and oxygen atoms in total. The summed E-state index contributed by atoms with van der Waals surface area (Å²) >= 11 is 0. The Morgan fingerprint density at radius 3 is 2.50 bits per heavy atom. The van der Waals surface area contributed by atoms with Crippen LogP contribution < -0.4 is 5.73 Å². The van der Waals surface area contributed by atoms with Crippen molar-refractivity contribution in [2.75, 3.05) is 6.54 Å². The lowest BCUT2D eigenvalue weighted by molar-refractivity contribution is 0.575. The zero-order valence-electron chi connectivity index (χ0n) is 13.0. The molecule has 114 valence electrons. The fourth-order valence-electron chi connectivity index (χ4n) is 3.23. The molecule has 2 aromatic carbocycles. The van der Waals surface area contributed by atoms with E-state index in [2.05, 4.69) is 30.7 Å². The predicted molar refractivity (Wildman–Crippen MR) is 89.6 cm³/mol. The summed E-state index contributed by atoms with van der Waals surface area (Å²) in [5, 5.41) is 1.23. The first-order valence-electron chi connectivity index (χ1n) is 7.61. The monoisotopic (exact) mass is 296 g/mol. The van der Waals surface area contributed by atoms with Crippen LogP contribution in [0.1, 0.15) is 22.7 Å². The van der Waals surface area contributed by atoms with E-state index < -0.39 is 0 Å². The van der Waals surface area contributed by atoms with E-state index in [1.165, 1.54) is 28.2 Å². The third kappa shape index (κ3) is 2.42. The number of hydrogen-bond donors (Lipinski definition) is 1. The van der Waals surface area contributed by atoms with Gasteiger partial charge >= 0.3 is 0 Å². The van der Waals surface area contributed by atoms with Gasteiger partial charge in [0.05, 0.1) is 0 Å². The topological polar surface area (TPSA) is 30.9 Å². The molecule has 0 amide bonds. The lowest BCUT2D eigenvalue weighted by Gasteiger charge is -2.16. The van der Waals surface area contributed by atoms with E-state index in [1.54, 1.807) is 6.07 Å². The number of hydrogen-bond acceptors (Lipinski definition) is 1. The maximum absolute atomic E-state index is 14.1. The molecule has 0 saturated carbocycles. The van der Waals surface area contributed by atoms with Crippen molar-refractivity contribution in [3.63, 3.8) is 0 Å². The highest BCUT2D eigenvalue weighted by Gasteiger charge is 2.19. The maximum Gasteiger partial charge on any atom is 0.126 e. The summed E-state index contributed by atoms with van der Waals surface area (Å²) in [7, 11) is 2.07. The van der Waals surface area contributed by atoms with Gasteiger partial charge in [0.2, 0.25) is 0 Å². The van der Waals surface area contributed by atoms with Crippen molar-refractivity contribution in [1.82, 2.24) is 4.57 Å². The minimum atomic E-state index is -0.171. The van der Waals surface area contributed by atoms with Crippen molar-refractivity contribution in [2.24, 2.45) is 12.8 Å². The van der Waals surface area contributed by atoms with Crippen molar-refractivity contribution in [1.29, 1.82) is 0 Å². The number of aryl methyl sites for hydroxylation is 1. The molecule has 0 aliphatic heterocycles. The van der Waals surface area contributed by atoms with Crippen LogP contribution in [-0.2, 0) is 13.5 Å². The zero-order chi connectivity index (χ0) is 15.7. The van der Waals surface area contributed by atoms with Gasteiger partial charge in [0.1, 0.15) is 5.82 Å². The largest absolute Gasteiger partial charge is 0.348 e. The number of nitrogens with two attached hydrogens (primary N) is 1. The van der Waals surface area contributed by atoms with Crippen molar-refractivity contribution >= 4 is 10.9 Å². The van der Waals surface area contributed by atoms with Crippen LogP contribution in [0.2, 0.25) is 0 Å². The average molecular weight is 296 g/mol. The van der Waals surface area contributed by atoms with Gasteiger partial charge in [-0.15, -0.1) is 0 Å². The summed E-state index contributed by atoms with van der Waals surface area (Å²) in [4.78, 5) is 0. The summed E-state index contributed by atoms with van der Waals surface area (Å²) in [6.45, 7) is 2.55. The van der Waals surface area contributed by atoms with Crippen LogP contribution in [0.3, 0.4) is 0 Å². The number of nitrogens with zero attached hydrogens (tertiary/aromatic N) is 1. The summed E-state index contributed by atoms with van der Waals surface area (Å²) in [5.41, 5.74) is 10.3. The van der Waals surface area contributed by atoms with E-state index in [0.717, 1.165) is 6.42 Å². The fourth-order valence-corrected chi connectivity index (χ4v) is 3.23. The molecule has 0 aliphatic rings. The van der Waals surface area contributed by atoms with Crippen LogP contribution in [0.5, 0.6) is 0 Å². The van der Waals surface area contributed by atoms with Gasteiger partial charge in [0, 0.05) is 29.6 Å². The van der Waals surface area contributed by atoms with Crippen LogP contribution in [-0.4, -0.2) is 11.1 Å². The highest BCUT2D eigenvalue weighted by Crippen LogP contribution is 2.30. The molecule has 3 heteroatoms. The Hall–Kier alpha value is -2.13. The lowest BCUT2D eigenvalue weighted by atomic mass is 9.90. The van der Waals surface area contributed by atoms with Crippen molar-refractivity contribution in [3.8, 4) is 0 Å². The minimum Gasteiger partial charge on any atom is -0.348 e. The first-order chi connectivity index (χ1) is 10.6. The molecular weight excluding hydrogens is 275 g/mol. The molecule has 0 bridgehead atoms. The predicted octanol–water partition coefficient (Wildman–Crippen LogP) is 3.91. The summed E-state index contributed by atoms with van der Waals surface area (Å²) in [6.07, 6.45) is 0.755. The molecule has 0 saturated heterocycles. The Bertz CT molecular complexity index is 804. The Balaban J connectivity index is 2.05. The van der Waals surface area contributed by atoms with Crippen molar-refractivity contribution in [2.45, 2.75) is 19.3 Å². The second-order valence-electron chi connectivity index (χ2n) is 5.80. The number of aromatic nitrogens is 1. The van der Waals surface area contributed by atoms with Gasteiger partial charge in [-0.25, -0.2) is 4.39 Å². The van der Waals surface area contributed by atoms with E-state index in [-0.39, 0.29) is 11.7 Å². The van der Waals surface area contributed by atoms with Crippen LogP contribution in [0.4, 0.5) is 4.39 Å². The van der Waals surface area contributed by atoms with Crippen LogP contribution >= 0.6 is 0 Å². The van der Waals surface area contributed by atoms with E-state index in [9.17, 15) is 4.39 Å². The highest BCUT2D eigenvalue weighted by molar-refractivity contribution is 5.85. The summed E-state index contributed by atoms with van der Waals surface area (Å²) < 4.78 is 16.3. The van der Waals surface area contributed by atoms with Crippen LogP contribution in [0, 0.1) is 12.7 Å². The van der Waals surface area contributed by atoms with E-state index in [0.29, 0.717) is 12.1 Å². The lowest BCUT2D eigenvalue weighted by Crippen LogP contribution is -2.16. The smallest absolute Gasteiger partial charge is 0.126 e. The molecule has 3 rings (SSSR count). The third-order valence-corrected chi connectivity index (χ3v) is 4.61. The first kappa shape index (κ1) is 14.8.